The van der Waals surface area contributed by atoms with Crippen molar-refractivity contribution in [1.82, 2.24) is 5.32 Å². The Morgan fingerprint density at radius 3 is 3.00 bits per heavy atom. The summed E-state index contributed by atoms with van der Waals surface area (Å²) in [5, 5.41) is 3.77. The molecule has 1 N–H and O–H groups in total. The summed E-state index contributed by atoms with van der Waals surface area (Å²) < 4.78 is 16.5. The summed E-state index contributed by atoms with van der Waals surface area (Å²) in [5.74, 6) is 2.64. The van der Waals surface area contributed by atoms with Gasteiger partial charge in [0.05, 0.1) is 12.7 Å². The second kappa shape index (κ2) is 6.22. The minimum Gasteiger partial charge on any atom is -0.493 e. The van der Waals surface area contributed by atoms with Crippen LogP contribution in [0.1, 0.15) is 17.0 Å². The van der Waals surface area contributed by atoms with Crippen molar-refractivity contribution in [3.05, 3.63) is 30.0 Å². The van der Waals surface area contributed by atoms with Gasteiger partial charge in [-0.05, 0) is 24.3 Å². The van der Waals surface area contributed by atoms with Crippen molar-refractivity contribution in [2.24, 2.45) is 0 Å². The molecule has 118 valence electrons. The first-order chi connectivity index (χ1) is 10.7. The molecule has 1 saturated heterocycles. The lowest BCUT2D eigenvalue weighted by atomic mass is 10.0. The van der Waals surface area contributed by atoms with Crippen LogP contribution in [0.2, 0.25) is 0 Å². The normalized spacial score (nSPS) is 21.2. The van der Waals surface area contributed by atoms with Crippen molar-refractivity contribution in [1.29, 1.82) is 0 Å². The van der Waals surface area contributed by atoms with Gasteiger partial charge in [0.1, 0.15) is 0 Å². The average Bonchev–Trinajstić information content (AvgIpc) is 3.19. The topological polar surface area (TPSA) is 60.7 Å². The summed E-state index contributed by atoms with van der Waals surface area (Å²) in [6, 6.07) is 7.30. The summed E-state index contributed by atoms with van der Waals surface area (Å²) in [6.07, 6.45) is 0.947. The number of thioether (sulfide) groups is 1. The van der Waals surface area contributed by atoms with Crippen molar-refractivity contribution in [2.45, 2.75) is 12.0 Å². The van der Waals surface area contributed by atoms with Crippen LogP contribution in [0, 0.1) is 0 Å². The number of hydrogen-bond donors (Lipinski definition) is 1. The van der Waals surface area contributed by atoms with Gasteiger partial charge in [0.25, 0.3) is 5.91 Å². The minimum atomic E-state index is -0.260. The van der Waals surface area contributed by atoms with Gasteiger partial charge in [0, 0.05) is 24.8 Å². The highest BCUT2D eigenvalue weighted by atomic mass is 32.2. The van der Waals surface area contributed by atoms with E-state index in [0.29, 0.717) is 17.9 Å². The van der Waals surface area contributed by atoms with Gasteiger partial charge in [-0.15, -0.1) is 0 Å². The van der Waals surface area contributed by atoms with E-state index in [1.165, 1.54) is 0 Å². The highest BCUT2D eigenvalue weighted by Gasteiger charge is 2.35. The van der Waals surface area contributed by atoms with E-state index in [9.17, 15) is 4.79 Å². The number of rotatable bonds is 5. The Labute approximate surface area is 133 Å². The second-order valence-electron chi connectivity index (χ2n) is 5.36. The number of furan rings is 1. The van der Waals surface area contributed by atoms with E-state index in [1.807, 2.05) is 30.0 Å². The van der Waals surface area contributed by atoms with E-state index in [4.69, 9.17) is 13.9 Å². The fourth-order valence-corrected chi connectivity index (χ4v) is 4.00. The Balaban J connectivity index is 1.75. The van der Waals surface area contributed by atoms with Crippen LogP contribution < -0.4 is 10.1 Å². The molecule has 22 heavy (non-hydrogen) atoms. The third-order valence-electron chi connectivity index (χ3n) is 4.02. The number of hydrogen-bond acceptors (Lipinski definition) is 5. The lowest BCUT2D eigenvalue weighted by Crippen LogP contribution is -2.44. The summed E-state index contributed by atoms with van der Waals surface area (Å²) >= 11 is 1.85. The molecule has 1 aromatic carbocycles. The monoisotopic (exact) mass is 321 g/mol. The average molecular weight is 321 g/mol. The van der Waals surface area contributed by atoms with Crippen LogP contribution >= 0.6 is 11.8 Å². The maximum Gasteiger partial charge on any atom is 0.287 e. The Morgan fingerprint density at radius 1 is 1.45 bits per heavy atom. The second-order valence-corrected chi connectivity index (χ2v) is 6.47. The zero-order valence-corrected chi connectivity index (χ0v) is 13.5. The van der Waals surface area contributed by atoms with Gasteiger partial charge in [0.15, 0.2) is 17.1 Å². The summed E-state index contributed by atoms with van der Waals surface area (Å²) in [5.41, 5.74) is 0.331. The Kier molecular flexibility index (Phi) is 4.31. The summed E-state index contributed by atoms with van der Waals surface area (Å²) in [6.45, 7) is 0.490. The summed E-state index contributed by atoms with van der Waals surface area (Å²) in [4.78, 5) is 12.3. The number of carbonyl (C=O) groups is 1. The predicted molar refractivity (Wildman–Crippen MR) is 86.8 cm³/mol. The van der Waals surface area contributed by atoms with Crippen molar-refractivity contribution < 1.29 is 18.7 Å². The molecular formula is C16H19NO4S. The van der Waals surface area contributed by atoms with Gasteiger partial charge in [-0.1, -0.05) is 12.1 Å². The van der Waals surface area contributed by atoms with Gasteiger partial charge in [0.2, 0.25) is 0 Å². The predicted octanol–water partition coefficient (Wildman–Crippen LogP) is 2.69. The van der Waals surface area contributed by atoms with E-state index in [1.54, 1.807) is 20.3 Å². The molecule has 1 aliphatic rings. The number of para-hydroxylation sites is 1. The molecule has 0 spiro atoms. The van der Waals surface area contributed by atoms with Crippen molar-refractivity contribution in [2.75, 3.05) is 32.3 Å². The van der Waals surface area contributed by atoms with Crippen molar-refractivity contribution in [3.8, 4) is 5.75 Å². The number of nitrogens with one attached hydrogen (secondary N) is 1. The highest BCUT2D eigenvalue weighted by molar-refractivity contribution is 7.99. The first kappa shape index (κ1) is 15.2. The van der Waals surface area contributed by atoms with E-state index in [2.05, 4.69) is 5.32 Å². The molecule has 2 aromatic rings. The Bertz CT molecular complexity index is 676. The molecule has 6 heteroatoms. The maximum absolute atomic E-state index is 12.3. The summed E-state index contributed by atoms with van der Waals surface area (Å²) in [7, 11) is 3.28. The molecule has 3 rings (SSSR count). The van der Waals surface area contributed by atoms with Gasteiger partial charge in [-0.2, -0.15) is 11.8 Å². The molecule has 1 aromatic heterocycles. The smallest absolute Gasteiger partial charge is 0.287 e. The largest absolute Gasteiger partial charge is 0.493 e. The van der Waals surface area contributed by atoms with Gasteiger partial charge in [-0.3, -0.25) is 4.79 Å². The molecule has 1 amide bonds. The van der Waals surface area contributed by atoms with Crippen LogP contribution in [0.4, 0.5) is 0 Å². The van der Waals surface area contributed by atoms with E-state index < -0.39 is 0 Å². The molecule has 1 atom stereocenters. The zero-order valence-electron chi connectivity index (χ0n) is 12.7. The fraction of sp³-hybridized carbons (Fsp3) is 0.438. The van der Waals surface area contributed by atoms with Crippen molar-refractivity contribution >= 4 is 28.6 Å². The SMILES string of the molecule is COc1cccc2cc(C(=O)NC[C@@]3(OC)CCSC3)oc12. The third-order valence-corrected chi connectivity index (χ3v) is 5.25. The molecule has 0 aliphatic carbocycles. The lowest BCUT2D eigenvalue weighted by Gasteiger charge is -2.26. The number of ether oxygens (including phenoxy) is 2. The lowest BCUT2D eigenvalue weighted by molar-refractivity contribution is 0.0135. The Hall–Kier alpha value is -1.66. The number of benzene rings is 1. The number of methoxy groups -OCH3 is 2. The molecule has 0 unspecified atom stereocenters. The van der Waals surface area contributed by atoms with E-state index >= 15 is 0 Å². The third kappa shape index (κ3) is 2.80. The Morgan fingerprint density at radius 2 is 2.32 bits per heavy atom. The maximum atomic E-state index is 12.3. The standard InChI is InChI=1S/C16H19NO4S/c1-19-12-5-3-4-11-8-13(21-14(11)12)15(18)17-9-16(20-2)6-7-22-10-16/h3-5,8H,6-7,9-10H2,1-2H3,(H,17,18)/t16-/m0/s1. The first-order valence-electron chi connectivity index (χ1n) is 7.15. The number of fused-ring (bicyclic) bond motifs is 1. The minimum absolute atomic E-state index is 0.230. The molecule has 1 fully saturated rings. The fourth-order valence-electron chi connectivity index (χ4n) is 2.60. The van der Waals surface area contributed by atoms with Gasteiger partial charge in [-0.25, -0.2) is 0 Å². The number of carbonyl (C=O) groups excluding carboxylic acids is 1. The van der Waals surface area contributed by atoms with Crippen LogP contribution in [0.25, 0.3) is 11.0 Å². The molecular weight excluding hydrogens is 302 g/mol. The quantitative estimate of drug-likeness (QED) is 0.917. The van der Waals surface area contributed by atoms with Crippen LogP contribution in [0.3, 0.4) is 0 Å². The van der Waals surface area contributed by atoms with Crippen LogP contribution in [0.5, 0.6) is 5.75 Å². The molecule has 0 saturated carbocycles. The van der Waals surface area contributed by atoms with E-state index in [-0.39, 0.29) is 17.3 Å². The molecule has 1 aliphatic heterocycles. The molecule has 0 bridgehead atoms. The highest BCUT2D eigenvalue weighted by Crippen LogP contribution is 2.31. The molecule has 2 heterocycles. The van der Waals surface area contributed by atoms with Crippen LogP contribution in [0.15, 0.2) is 28.7 Å². The zero-order chi connectivity index (χ0) is 15.6. The van der Waals surface area contributed by atoms with Crippen LogP contribution in [-0.2, 0) is 4.74 Å². The van der Waals surface area contributed by atoms with Crippen molar-refractivity contribution in [3.63, 3.8) is 0 Å². The van der Waals surface area contributed by atoms with Gasteiger partial charge < -0.3 is 19.2 Å². The van der Waals surface area contributed by atoms with E-state index in [0.717, 1.165) is 23.3 Å². The molecule has 0 radical (unpaired) electrons. The van der Waals surface area contributed by atoms with Gasteiger partial charge >= 0.3 is 0 Å². The first-order valence-corrected chi connectivity index (χ1v) is 8.30. The van der Waals surface area contributed by atoms with Crippen LogP contribution in [-0.4, -0.2) is 43.8 Å². The number of amides is 1. The molecule has 5 nitrogen and oxygen atoms in total.